The normalized spacial score (nSPS) is 29.8. The molecule has 6 nitrogen and oxygen atoms in total. The van der Waals surface area contributed by atoms with E-state index in [0.717, 1.165) is 65.3 Å². The molecule has 0 aromatic rings. The first-order valence-corrected chi connectivity index (χ1v) is 9.09. The van der Waals surface area contributed by atoms with E-state index < -0.39 is 5.97 Å². The van der Waals surface area contributed by atoms with Crippen LogP contribution in [0, 0.1) is 5.92 Å². The number of piperazine rings is 1. The van der Waals surface area contributed by atoms with Crippen molar-refractivity contribution in [2.75, 3.05) is 52.4 Å². The SMILES string of the molecule is CC(C)N1CCOC(CN2CCN(C(C(=O)O)C3CC3)CC2)C1. The molecule has 2 atom stereocenters. The smallest absolute Gasteiger partial charge is 0.321 e. The second-order valence-corrected chi connectivity index (χ2v) is 7.54. The Bertz CT molecular complexity index is 406. The Hall–Kier alpha value is -0.690. The minimum absolute atomic E-state index is 0.250. The quantitative estimate of drug-likeness (QED) is 0.771. The summed E-state index contributed by atoms with van der Waals surface area (Å²) in [7, 11) is 0. The third-order valence-electron chi connectivity index (χ3n) is 5.48. The van der Waals surface area contributed by atoms with Crippen LogP contribution in [0.1, 0.15) is 26.7 Å². The van der Waals surface area contributed by atoms with Crippen molar-refractivity contribution in [2.45, 2.75) is 44.9 Å². The van der Waals surface area contributed by atoms with Gasteiger partial charge in [0, 0.05) is 51.9 Å². The number of carboxylic acid groups (broad SMARTS) is 1. The third kappa shape index (κ3) is 4.44. The fraction of sp³-hybridized carbons (Fsp3) is 0.941. The lowest BCUT2D eigenvalue weighted by atomic mass is 10.1. The highest BCUT2D eigenvalue weighted by Gasteiger charge is 2.41. The first-order valence-electron chi connectivity index (χ1n) is 9.09. The number of ether oxygens (including phenoxy) is 1. The van der Waals surface area contributed by atoms with E-state index >= 15 is 0 Å². The molecule has 1 aliphatic carbocycles. The maximum atomic E-state index is 11.5. The lowest BCUT2D eigenvalue weighted by molar-refractivity contribution is -0.145. The average Bonchev–Trinajstić information content (AvgIpc) is 3.34. The van der Waals surface area contributed by atoms with Gasteiger partial charge in [0.1, 0.15) is 6.04 Å². The molecule has 1 N–H and O–H groups in total. The van der Waals surface area contributed by atoms with Crippen molar-refractivity contribution in [1.82, 2.24) is 14.7 Å². The van der Waals surface area contributed by atoms with E-state index in [0.29, 0.717) is 12.0 Å². The maximum absolute atomic E-state index is 11.5. The molecule has 0 aromatic heterocycles. The second-order valence-electron chi connectivity index (χ2n) is 7.54. The van der Waals surface area contributed by atoms with Crippen LogP contribution in [0.5, 0.6) is 0 Å². The van der Waals surface area contributed by atoms with Crippen LogP contribution in [0.4, 0.5) is 0 Å². The summed E-state index contributed by atoms with van der Waals surface area (Å²) in [5.74, 6) is -0.246. The first-order chi connectivity index (χ1) is 11.0. The van der Waals surface area contributed by atoms with Crippen LogP contribution in [0.2, 0.25) is 0 Å². The number of aliphatic carboxylic acids is 1. The van der Waals surface area contributed by atoms with Gasteiger partial charge in [-0.2, -0.15) is 0 Å². The van der Waals surface area contributed by atoms with E-state index in [4.69, 9.17) is 4.74 Å². The molecule has 3 rings (SSSR count). The highest BCUT2D eigenvalue weighted by molar-refractivity contribution is 5.74. The zero-order valence-electron chi connectivity index (χ0n) is 14.5. The predicted molar refractivity (Wildman–Crippen MR) is 88.6 cm³/mol. The minimum Gasteiger partial charge on any atom is -0.480 e. The molecule has 2 aliphatic heterocycles. The molecule has 1 saturated carbocycles. The number of carbonyl (C=O) groups is 1. The van der Waals surface area contributed by atoms with Crippen molar-refractivity contribution in [3.63, 3.8) is 0 Å². The van der Waals surface area contributed by atoms with Crippen LogP contribution in [-0.2, 0) is 9.53 Å². The van der Waals surface area contributed by atoms with E-state index in [1.54, 1.807) is 0 Å². The van der Waals surface area contributed by atoms with Crippen LogP contribution in [0.25, 0.3) is 0 Å². The fourth-order valence-corrected chi connectivity index (χ4v) is 3.90. The Morgan fingerprint density at radius 3 is 2.39 bits per heavy atom. The largest absolute Gasteiger partial charge is 0.480 e. The second kappa shape index (κ2) is 7.47. The van der Waals surface area contributed by atoms with Gasteiger partial charge in [0.2, 0.25) is 0 Å². The van der Waals surface area contributed by atoms with Crippen molar-refractivity contribution in [3.8, 4) is 0 Å². The summed E-state index contributed by atoms with van der Waals surface area (Å²) in [6.07, 6.45) is 2.45. The Labute approximate surface area is 139 Å². The summed E-state index contributed by atoms with van der Waals surface area (Å²) in [6.45, 7) is 12.0. The zero-order chi connectivity index (χ0) is 16.4. The average molecular weight is 325 g/mol. The van der Waals surface area contributed by atoms with E-state index in [1.165, 1.54) is 0 Å². The summed E-state index contributed by atoms with van der Waals surface area (Å²) >= 11 is 0. The van der Waals surface area contributed by atoms with Crippen molar-refractivity contribution in [2.24, 2.45) is 5.92 Å². The number of morpholine rings is 1. The van der Waals surface area contributed by atoms with Gasteiger partial charge < -0.3 is 9.84 Å². The lowest BCUT2D eigenvalue weighted by Gasteiger charge is -2.41. The van der Waals surface area contributed by atoms with Gasteiger partial charge in [0.05, 0.1) is 12.7 Å². The summed E-state index contributed by atoms with van der Waals surface area (Å²) in [6, 6.07) is 0.327. The highest BCUT2D eigenvalue weighted by Crippen LogP contribution is 2.35. The van der Waals surface area contributed by atoms with Gasteiger partial charge in [-0.1, -0.05) is 0 Å². The molecule has 23 heavy (non-hydrogen) atoms. The molecule has 0 bridgehead atoms. The summed E-state index contributed by atoms with van der Waals surface area (Å²) in [5.41, 5.74) is 0. The van der Waals surface area contributed by atoms with Crippen LogP contribution in [0.15, 0.2) is 0 Å². The standard InChI is InChI=1S/C17H31N3O3/c1-13(2)20-9-10-23-15(12-20)11-18-5-7-19(8-6-18)16(17(21)22)14-3-4-14/h13-16H,3-12H2,1-2H3,(H,21,22). The molecule has 0 radical (unpaired) electrons. The Morgan fingerprint density at radius 2 is 1.83 bits per heavy atom. The van der Waals surface area contributed by atoms with Gasteiger partial charge in [-0.15, -0.1) is 0 Å². The molecule has 0 aromatic carbocycles. The van der Waals surface area contributed by atoms with Crippen molar-refractivity contribution in [1.29, 1.82) is 0 Å². The Balaban J connectivity index is 1.44. The molecule has 2 heterocycles. The summed E-state index contributed by atoms with van der Waals surface area (Å²) in [5, 5.41) is 9.46. The van der Waals surface area contributed by atoms with E-state index in [9.17, 15) is 9.90 Å². The lowest BCUT2D eigenvalue weighted by Crippen LogP contribution is -2.56. The molecule has 6 heteroatoms. The van der Waals surface area contributed by atoms with Gasteiger partial charge in [0.25, 0.3) is 0 Å². The third-order valence-corrected chi connectivity index (χ3v) is 5.48. The molecular formula is C17H31N3O3. The van der Waals surface area contributed by atoms with Gasteiger partial charge in [-0.3, -0.25) is 19.5 Å². The molecule has 3 aliphatic rings. The minimum atomic E-state index is -0.635. The van der Waals surface area contributed by atoms with Crippen molar-refractivity contribution in [3.05, 3.63) is 0 Å². The van der Waals surface area contributed by atoms with Gasteiger partial charge in [-0.05, 0) is 32.6 Å². The Kier molecular flexibility index (Phi) is 5.57. The summed E-state index contributed by atoms with van der Waals surface area (Å²) < 4.78 is 5.93. The zero-order valence-corrected chi connectivity index (χ0v) is 14.5. The highest BCUT2D eigenvalue weighted by atomic mass is 16.5. The van der Waals surface area contributed by atoms with Crippen LogP contribution >= 0.6 is 0 Å². The number of rotatable bonds is 6. The molecular weight excluding hydrogens is 294 g/mol. The van der Waals surface area contributed by atoms with Gasteiger partial charge in [0.15, 0.2) is 0 Å². The van der Waals surface area contributed by atoms with Crippen molar-refractivity contribution < 1.29 is 14.6 Å². The summed E-state index contributed by atoms with van der Waals surface area (Å²) in [4.78, 5) is 18.6. The van der Waals surface area contributed by atoms with E-state index in [-0.39, 0.29) is 12.1 Å². The molecule has 2 unspecified atom stereocenters. The fourth-order valence-electron chi connectivity index (χ4n) is 3.90. The monoisotopic (exact) mass is 325 g/mol. The van der Waals surface area contributed by atoms with Crippen LogP contribution in [0.3, 0.4) is 0 Å². The number of hydrogen-bond acceptors (Lipinski definition) is 5. The topological polar surface area (TPSA) is 56.2 Å². The van der Waals surface area contributed by atoms with Crippen molar-refractivity contribution >= 4 is 5.97 Å². The molecule has 132 valence electrons. The van der Waals surface area contributed by atoms with E-state index in [2.05, 4.69) is 28.5 Å². The van der Waals surface area contributed by atoms with Gasteiger partial charge in [-0.25, -0.2) is 0 Å². The first kappa shape index (κ1) is 17.1. The van der Waals surface area contributed by atoms with Crippen LogP contribution < -0.4 is 0 Å². The molecule has 0 amide bonds. The van der Waals surface area contributed by atoms with Crippen LogP contribution in [-0.4, -0.2) is 96.4 Å². The molecule has 0 spiro atoms. The Morgan fingerprint density at radius 1 is 1.13 bits per heavy atom. The van der Waals surface area contributed by atoms with Gasteiger partial charge >= 0.3 is 5.97 Å². The predicted octanol–water partition coefficient (Wildman–Crippen LogP) is 0.576. The number of nitrogens with zero attached hydrogens (tertiary/aromatic N) is 3. The van der Waals surface area contributed by atoms with E-state index in [1.807, 2.05) is 0 Å². The molecule has 2 saturated heterocycles. The number of carboxylic acids is 1. The molecule has 3 fully saturated rings. The number of hydrogen-bond donors (Lipinski definition) is 1. The maximum Gasteiger partial charge on any atom is 0.321 e.